The van der Waals surface area contributed by atoms with Crippen LogP contribution in [0.25, 0.3) is 26.6 Å². The highest BCUT2D eigenvalue weighted by atomic mass is 32.1. The van der Waals surface area contributed by atoms with Crippen LogP contribution in [-0.2, 0) is 0 Å². The number of anilines is 2. The average molecular weight is 684 g/mol. The van der Waals surface area contributed by atoms with Gasteiger partial charge in [-0.15, -0.1) is 11.3 Å². The van der Waals surface area contributed by atoms with Gasteiger partial charge in [-0.05, 0) is 68.2 Å². The number of thiophene rings is 1. The second kappa shape index (κ2) is 12.6. The summed E-state index contributed by atoms with van der Waals surface area (Å²) in [6.07, 6.45) is 29.6. The molecule has 2 aromatic heterocycles. The molecule has 10 rings (SSSR count). The molecule has 0 spiro atoms. The van der Waals surface area contributed by atoms with E-state index in [4.69, 9.17) is 14.4 Å². The molecule has 4 nitrogen and oxygen atoms in total. The molecule has 0 saturated heterocycles. The smallest absolute Gasteiger partial charge is 0.158 e. The van der Waals surface area contributed by atoms with Crippen molar-refractivity contribution < 1.29 is 4.42 Å². The third-order valence-electron chi connectivity index (χ3n) is 11.8. The van der Waals surface area contributed by atoms with Crippen molar-refractivity contribution in [3.05, 3.63) is 143 Å². The molecule has 252 valence electrons. The van der Waals surface area contributed by atoms with E-state index in [1.807, 2.05) is 18.4 Å². The highest BCUT2D eigenvalue weighted by molar-refractivity contribution is 7.21. The molecule has 3 aromatic carbocycles. The van der Waals surface area contributed by atoms with Crippen molar-refractivity contribution >= 4 is 67.0 Å². The summed E-state index contributed by atoms with van der Waals surface area (Å²) in [7, 11) is 1.95. The number of rotatable bonds is 5. The van der Waals surface area contributed by atoms with E-state index in [0.29, 0.717) is 23.7 Å². The van der Waals surface area contributed by atoms with Crippen LogP contribution in [0.4, 0.5) is 17.1 Å². The Bertz CT molecular complexity index is 2400. The van der Waals surface area contributed by atoms with Crippen LogP contribution >= 0.6 is 11.3 Å². The van der Waals surface area contributed by atoms with Crippen LogP contribution in [0.15, 0.2) is 136 Å². The minimum Gasteiger partial charge on any atom is -0.454 e. The molecule has 5 aliphatic rings. The number of hydrogen-bond donors (Lipinski definition) is 0. The lowest BCUT2D eigenvalue weighted by molar-refractivity contribution is 0.435. The molecule has 4 aliphatic carbocycles. The van der Waals surface area contributed by atoms with E-state index in [1.165, 1.54) is 49.3 Å². The molecular formula is C46H41N3OS. The molecule has 1 aliphatic heterocycles. The largest absolute Gasteiger partial charge is 0.454 e. The molecular weight excluding hydrogens is 643 g/mol. The van der Waals surface area contributed by atoms with Gasteiger partial charge in [0.15, 0.2) is 5.58 Å². The van der Waals surface area contributed by atoms with Crippen LogP contribution in [0, 0.1) is 11.8 Å². The van der Waals surface area contributed by atoms with Gasteiger partial charge in [0, 0.05) is 63.3 Å². The van der Waals surface area contributed by atoms with Gasteiger partial charge in [-0.25, -0.2) is 0 Å². The second-order valence-corrected chi connectivity index (χ2v) is 15.6. The molecule has 0 radical (unpaired) electrons. The van der Waals surface area contributed by atoms with Crippen LogP contribution in [0.1, 0.15) is 72.1 Å². The van der Waals surface area contributed by atoms with Crippen LogP contribution in [0.2, 0.25) is 0 Å². The van der Waals surface area contributed by atoms with E-state index in [1.54, 1.807) is 0 Å². The summed E-state index contributed by atoms with van der Waals surface area (Å²) in [5.41, 5.74) is 9.32. The first-order valence-electron chi connectivity index (χ1n) is 18.6. The summed E-state index contributed by atoms with van der Waals surface area (Å²) in [4.78, 5) is 14.0. The fraction of sp³-hybridized carbons (Fsp3) is 0.261. The normalized spacial score (nSPS) is 25.3. The Morgan fingerprint density at radius 1 is 0.824 bits per heavy atom. The average Bonchev–Trinajstić information content (AvgIpc) is 3.82. The number of furan rings is 1. The van der Waals surface area contributed by atoms with Gasteiger partial charge in [0.05, 0.1) is 28.0 Å². The van der Waals surface area contributed by atoms with Gasteiger partial charge in [-0.1, -0.05) is 103 Å². The Balaban J connectivity index is 1.13. The predicted molar refractivity (Wildman–Crippen MR) is 216 cm³/mol. The molecule has 0 saturated carbocycles. The number of aliphatic imine (C=N–C) groups is 2. The monoisotopic (exact) mass is 683 g/mol. The van der Waals surface area contributed by atoms with Crippen LogP contribution < -0.4 is 4.90 Å². The quantitative estimate of drug-likeness (QED) is 0.137. The first kappa shape index (κ1) is 30.8. The number of para-hydroxylation sites is 2. The maximum atomic E-state index is 7.22. The zero-order valence-electron chi connectivity index (χ0n) is 28.9. The van der Waals surface area contributed by atoms with Crippen molar-refractivity contribution in [1.82, 2.24) is 0 Å². The van der Waals surface area contributed by atoms with Gasteiger partial charge in [0.25, 0.3) is 0 Å². The van der Waals surface area contributed by atoms with Gasteiger partial charge in [-0.2, -0.15) is 0 Å². The standard InChI is InChI=1S/C46H41N3OS/c1-47-42(30-15-3-2-4-16-30)46-43(35-20-9-12-25-40(35)51-46)48-28-31-27-26-29-14-5-6-17-32(29)41-36-21-13-24-39(45(36)50-44(31)41)49-37-22-10-7-18-33(37)34-19-8-11-23-38(34)49/h2-3,6-13,17-25,27-30,32-33,37H,4-5,14-16,26H2,1H3/b47-42-,48-28+/t29-,30?,32?,33?,37?/m0/s1. The van der Waals surface area contributed by atoms with E-state index in [0.717, 1.165) is 60.4 Å². The summed E-state index contributed by atoms with van der Waals surface area (Å²) in [5.74, 6) is 2.53. The fourth-order valence-electron chi connectivity index (χ4n) is 9.38. The molecule has 51 heavy (non-hydrogen) atoms. The molecule has 5 heteroatoms. The van der Waals surface area contributed by atoms with Crippen LogP contribution in [0.5, 0.6) is 0 Å². The maximum Gasteiger partial charge on any atom is 0.158 e. The molecule has 0 amide bonds. The minimum absolute atomic E-state index is 0.209. The zero-order chi connectivity index (χ0) is 33.9. The Hall–Kier alpha value is -5.00. The van der Waals surface area contributed by atoms with E-state index < -0.39 is 0 Å². The highest BCUT2D eigenvalue weighted by Crippen LogP contribution is 2.52. The molecule has 0 N–H and O–H groups in total. The summed E-state index contributed by atoms with van der Waals surface area (Å²) in [6.45, 7) is 0. The van der Waals surface area contributed by atoms with Crippen molar-refractivity contribution in [2.75, 3.05) is 11.9 Å². The topological polar surface area (TPSA) is 41.1 Å². The number of benzene rings is 3. The maximum absolute atomic E-state index is 7.22. The van der Waals surface area contributed by atoms with Gasteiger partial charge >= 0.3 is 0 Å². The van der Waals surface area contributed by atoms with Crippen molar-refractivity contribution in [2.45, 2.75) is 56.4 Å². The van der Waals surface area contributed by atoms with Crippen molar-refractivity contribution in [2.24, 2.45) is 21.8 Å². The van der Waals surface area contributed by atoms with Crippen LogP contribution in [-0.4, -0.2) is 25.0 Å². The fourth-order valence-corrected chi connectivity index (χ4v) is 10.6. The van der Waals surface area contributed by atoms with Gasteiger partial charge < -0.3 is 9.32 Å². The first-order valence-corrected chi connectivity index (χ1v) is 19.4. The lowest BCUT2D eigenvalue weighted by Gasteiger charge is -2.29. The SMILES string of the molecule is C/N=C(\c1sc2ccccc2c1/N=C/C1=CC[C@@H]2CCC=CC2c2c1oc1c(N3c4ccccc4C4C=CC=CC43)cccc21)C1CC=CCC1. The summed E-state index contributed by atoms with van der Waals surface area (Å²) >= 11 is 1.83. The van der Waals surface area contributed by atoms with E-state index in [9.17, 15) is 0 Å². The summed E-state index contributed by atoms with van der Waals surface area (Å²) in [5, 5.41) is 2.41. The third-order valence-corrected chi connectivity index (χ3v) is 13.0. The Kier molecular flexibility index (Phi) is 7.64. The van der Waals surface area contributed by atoms with E-state index in [2.05, 4.69) is 133 Å². The molecule has 4 unspecified atom stereocenters. The Morgan fingerprint density at radius 2 is 1.67 bits per heavy atom. The molecule has 0 bridgehead atoms. The summed E-state index contributed by atoms with van der Waals surface area (Å²) < 4.78 is 8.47. The third kappa shape index (κ3) is 5.00. The van der Waals surface area contributed by atoms with Crippen molar-refractivity contribution in [3.63, 3.8) is 0 Å². The lowest BCUT2D eigenvalue weighted by Crippen LogP contribution is -2.28. The second-order valence-electron chi connectivity index (χ2n) is 14.5. The number of hydrogen-bond acceptors (Lipinski definition) is 5. The summed E-state index contributed by atoms with van der Waals surface area (Å²) in [6, 6.07) is 24.5. The Morgan fingerprint density at radius 3 is 2.59 bits per heavy atom. The number of allylic oxidation sites excluding steroid dienone is 8. The lowest BCUT2D eigenvalue weighted by atomic mass is 9.78. The van der Waals surface area contributed by atoms with Crippen molar-refractivity contribution in [3.8, 4) is 0 Å². The van der Waals surface area contributed by atoms with Crippen molar-refractivity contribution in [1.29, 1.82) is 0 Å². The van der Waals surface area contributed by atoms with Gasteiger partial charge in [-0.3, -0.25) is 9.98 Å². The van der Waals surface area contributed by atoms with Gasteiger partial charge in [0.1, 0.15) is 5.76 Å². The zero-order valence-corrected chi connectivity index (χ0v) is 29.7. The Labute approximate surface area is 303 Å². The molecule has 5 atom stereocenters. The predicted octanol–water partition coefficient (Wildman–Crippen LogP) is 12.4. The van der Waals surface area contributed by atoms with Gasteiger partial charge in [0.2, 0.25) is 0 Å². The van der Waals surface area contributed by atoms with Crippen LogP contribution in [0.3, 0.4) is 0 Å². The molecule has 5 aromatic rings. The van der Waals surface area contributed by atoms with E-state index >= 15 is 0 Å². The minimum atomic E-state index is 0.209. The number of nitrogens with zero attached hydrogens (tertiary/aromatic N) is 3. The molecule has 0 fully saturated rings. The molecule has 3 heterocycles. The highest BCUT2D eigenvalue weighted by Gasteiger charge is 2.39. The number of fused-ring (bicyclic) bond motifs is 9. The van der Waals surface area contributed by atoms with E-state index in [-0.39, 0.29) is 6.04 Å². The first-order chi connectivity index (χ1) is 25.3.